The van der Waals surface area contributed by atoms with Crippen LogP contribution in [0.25, 0.3) is 0 Å². The summed E-state index contributed by atoms with van der Waals surface area (Å²) in [6, 6.07) is 1.84. The molecule has 0 bridgehead atoms. The lowest BCUT2D eigenvalue weighted by Gasteiger charge is -2.03. The maximum absolute atomic E-state index is 5.76. The first-order valence-electron chi connectivity index (χ1n) is 5.21. The Balaban J connectivity index is 2.05. The zero-order valence-corrected chi connectivity index (χ0v) is 11.0. The van der Waals surface area contributed by atoms with Gasteiger partial charge < -0.3 is 0 Å². The molecule has 3 rings (SSSR count). The van der Waals surface area contributed by atoms with E-state index >= 15 is 0 Å². The van der Waals surface area contributed by atoms with Gasteiger partial charge in [-0.15, -0.1) is 0 Å². The predicted molar refractivity (Wildman–Crippen MR) is 70.2 cm³/mol. The Kier molecular flexibility index (Phi) is 2.97. The molecule has 5 nitrogen and oxygen atoms in total. The van der Waals surface area contributed by atoms with Crippen molar-refractivity contribution in [3.8, 4) is 0 Å². The van der Waals surface area contributed by atoms with E-state index in [-0.39, 0.29) is 5.28 Å². The topological polar surface area (TPSA) is 63.9 Å². The van der Waals surface area contributed by atoms with Crippen LogP contribution in [0.2, 0.25) is 5.28 Å². The number of fused-ring (bicyclic) bond motifs is 1. The molecular weight excluding hydrogens is 270 g/mol. The third-order valence-corrected chi connectivity index (χ3v) is 3.28. The summed E-state index contributed by atoms with van der Waals surface area (Å²) in [5.74, 6) is 0. The highest BCUT2D eigenvalue weighted by atomic mass is 35.5. The largest absolute Gasteiger partial charge is 0.276 e. The molecule has 0 aliphatic carbocycles. The summed E-state index contributed by atoms with van der Waals surface area (Å²) in [6.07, 6.45) is 5.36. The number of aliphatic imine (C=N–C) groups is 1. The van der Waals surface area contributed by atoms with Crippen molar-refractivity contribution in [1.29, 1.82) is 0 Å². The van der Waals surface area contributed by atoms with Gasteiger partial charge in [0.1, 0.15) is 0 Å². The van der Waals surface area contributed by atoms with Crippen molar-refractivity contribution in [2.45, 2.75) is 11.7 Å². The SMILES string of the molecule is CSc1nccc(C2=NCc3nc(Cl)ncc32)n1. The molecule has 0 spiro atoms. The highest BCUT2D eigenvalue weighted by molar-refractivity contribution is 7.98. The summed E-state index contributed by atoms with van der Waals surface area (Å²) < 4.78 is 0. The summed E-state index contributed by atoms with van der Waals surface area (Å²) in [4.78, 5) is 21.2. The Morgan fingerprint density at radius 1 is 1.28 bits per heavy atom. The molecule has 3 heterocycles. The molecule has 0 fully saturated rings. The monoisotopic (exact) mass is 277 g/mol. The van der Waals surface area contributed by atoms with E-state index in [1.807, 2.05) is 12.3 Å². The van der Waals surface area contributed by atoms with Gasteiger partial charge in [-0.1, -0.05) is 11.8 Å². The van der Waals surface area contributed by atoms with Crippen LogP contribution in [0.4, 0.5) is 0 Å². The molecule has 0 radical (unpaired) electrons. The molecule has 1 aliphatic heterocycles. The van der Waals surface area contributed by atoms with Crippen molar-refractivity contribution in [3.05, 3.63) is 40.7 Å². The predicted octanol–water partition coefficient (Wildman–Crippen LogP) is 1.99. The summed E-state index contributed by atoms with van der Waals surface area (Å²) in [6.45, 7) is 0.519. The van der Waals surface area contributed by atoms with Gasteiger partial charge in [0.25, 0.3) is 0 Å². The van der Waals surface area contributed by atoms with Gasteiger partial charge >= 0.3 is 0 Å². The number of nitrogens with zero attached hydrogens (tertiary/aromatic N) is 5. The van der Waals surface area contributed by atoms with E-state index < -0.39 is 0 Å². The third-order valence-electron chi connectivity index (χ3n) is 2.54. The Labute approximate surface area is 113 Å². The maximum atomic E-state index is 5.76. The van der Waals surface area contributed by atoms with Crippen LogP contribution in [0.5, 0.6) is 0 Å². The minimum absolute atomic E-state index is 0.248. The zero-order chi connectivity index (χ0) is 12.5. The molecule has 1 aliphatic rings. The summed E-state index contributed by atoms with van der Waals surface area (Å²) in [5.41, 5.74) is 3.33. The number of thioether (sulfide) groups is 1. The second-order valence-corrected chi connectivity index (χ2v) is 4.70. The Bertz CT molecular complexity index is 643. The minimum atomic E-state index is 0.248. The van der Waals surface area contributed by atoms with Crippen molar-refractivity contribution in [2.24, 2.45) is 4.99 Å². The van der Waals surface area contributed by atoms with Crippen LogP contribution in [0.1, 0.15) is 17.0 Å². The first-order valence-corrected chi connectivity index (χ1v) is 6.82. The van der Waals surface area contributed by atoms with E-state index in [4.69, 9.17) is 11.6 Å². The van der Waals surface area contributed by atoms with Crippen molar-refractivity contribution in [3.63, 3.8) is 0 Å². The fourth-order valence-electron chi connectivity index (χ4n) is 1.74. The van der Waals surface area contributed by atoms with Crippen molar-refractivity contribution < 1.29 is 0 Å². The number of aromatic nitrogens is 4. The molecule has 0 atom stereocenters. The van der Waals surface area contributed by atoms with Crippen LogP contribution in [0.15, 0.2) is 28.6 Å². The Hall–Kier alpha value is -1.53. The van der Waals surface area contributed by atoms with Gasteiger partial charge in [0, 0.05) is 18.0 Å². The fourth-order valence-corrected chi connectivity index (χ4v) is 2.25. The second-order valence-electron chi connectivity index (χ2n) is 3.59. The average Bonchev–Trinajstić information content (AvgIpc) is 2.81. The summed E-state index contributed by atoms with van der Waals surface area (Å²) >= 11 is 7.26. The molecule has 0 aromatic carbocycles. The second kappa shape index (κ2) is 4.62. The van der Waals surface area contributed by atoms with Crippen LogP contribution in [-0.2, 0) is 6.54 Å². The number of halogens is 1. The molecule has 18 heavy (non-hydrogen) atoms. The average molecular weight is 278 g/mol. The summed E-state index contributed by atoms with van der Waals surface area (Å²) in [5, 5.41) is 0.969. The molecule has 90 valence electrons. The van der Waals surface area contributed by atoms with Gasteiger partial charge in [0.05, 0.1) is 23.6 Å². The third kappa shape index (κ3) is 1.97. The smallest absolute Gasteiger partial charge is 0.222 e. The molecule has 0 saturated carbocycles. The van der Waals surface area contributed by atoms with Gasteiger partial charge in [-0.2, -0.15) is 0 Å². The molecule has 2 aromatic heterocycles. The van der Waals surface area contributed by atoms with E-state index in [0.717, 1.165) is 27.8 Å². The lowest BCUT2D eigenvalue weighted by atomic mass is 10.1. The lowest BCUT2D eigenvalue weighted by molar-refractivity contribution is 0.959. The van der Waals surface area contributed by atoms with Crippen molar-refractivity contribution in [1.82, 2.24) is 19.9 Å². The van der Waals surface area contributed by atoms with Gasteiger partial charge in [-0.25, -0.2) is 19.9 Å². The standard InChI is InChI=1S/C11H8ClN5S/c1-18-11-13-3-2-7(17-11)9-6-4-15-10(12)16-8(6)5-14-9/h2-4H,5H2,1H3. The van der Waals surface area contributed by atoms with Crippen molar-refractivity contribution in [2.75, 3.05) is 6.26 Å². The molecule has 0 N–H and O–H groups in total. The Morgan fingerprint density at radius 3 is 3.00 bits per heavy atom. The first-order chi connectivity index (χ1) is 8.78. The van der Waals surface area contributed by atoms with Gasteiger partial charge in [0.2, 0.25) is 5.28 Å². The quantitative estimate of drug-likeness (QED) is 0.620. The van der Waals surface area contributed by atoms with Crippen molar-refractivity contribution >= 4 is 29.1 Å². The fraction of sp³-hybridized carbons (Fsp3) is 0.182. The lowest BCUT2D eigenvalue weighted by Crippen LogP contribution is -2.06. The van der Waals surface area contributed by atoms with Crippen LogP contribution >= 0.6 is 23.4 Å². The van der Waals surface area contributed by atoms with E-state index in [0.29, 0.717) is 6.54 Å². The van der Waals surface area contributed by atoms with Gasteiger partial charge in [0.15, 0.2) is 5.16 Å². The molecular formula is C11H8ClN5S. The molecule has 0 saturated heterocycles. The first kappa shape index (κ1) is 11.6. The number of hydrogen-bond acceptors (Lipinski definition) is 6. The molecule has 0 amide bonds. The van der Waals surface area contributed by atoms with Crippen LogP contribution < -0.4 is 0 Å². The molecule has 0 unspecified atom stereocenters. The highest BCUT2D eigenvalue weighted by Crippen LogP contribution is 2.21. The minimum Gasteiger partial charge on any atom is -0.276 e. The van der Waals surface area contributed by atoms with E-state index in [9.17, 15) is 0 Å². The van der Waals surface area contributed by atoms with Gasteiger partial charge in [-0.3, -0.25) is 4.99 Å². The number of hydrogen-bond donors (Lipinski definition) is 0. The molecule has 7 heteroatoms. The Morgan fingerprint density at radius 2 is 2.17 bits per heavy atom. The maximum Gasteiger partial charge on any atom is 0.222 e. The van der Waals surface area contributed by atoms with Gasteiger partial charge in [-0.05, 0) is 23.9 Å². The van der Waals surface area contributed by atoms with Crippen LogP contribution in [0.3, 0.4) is 0 Å². The van der Waals surface area contributed by atoms with Crippen LogP contribution in [-0.4, -0.2) is 31.9 Å². The highest BCUT2D eigenvalue weighted by Gasteiger charge is 2.20. The van der Waals surface area contributed by atoms with E-state index in [1.165, 1.54) is 11.8 Å². The number of rotatable bonds is 2. The normalized spacial score (nSPS) is 13.3. The summed E-state index contributed by atoms with van der Waals surface area (Å²) in [7, 11) is 0. The molecule has 2 aromatic rings. The van der Waals surface area contributed by atoms with E-state index in [1.54, 1.807) is 12.4 Å². The zero-order valence-electron chi connectivity index (χ0n) is 9.46. The van der Waals surface area contributed by atoms with Crippen LogP contribution in [0, 0.1) is 0 Å². The van der Waals surface area contributed by atoms with E-state index in [2.05, 4.69) is 24.9 Å².